The van der Waals surface area contributed by atoms with Crippen molar-refractivity contribution in [2.24, 2.45) is 5.92 Å². The number of aliphatic hydroxyl groups is 1. The van der Waals surface area contributed by atoms with Crippen molar-refractivity contribution < 1.29 is 9.84 Å². The van der Waals surface area contributed by atoms with E-state index in [0.29, 0.717) is 6.61 Å². The van der Waals surface area contributed by atoms with Crippen LogP contribution >= 0.6 is 0 Å². The minimum absolute atomic E-state index is 0.163. The molecule has 0 radical (unpaired) electrons. The Kier molecular flexibility index (Phi) is 6.67. The van der Waals surface area contributed by atoms with Gasteiger partial charge in [0, 0.05) is 24.6 Å². The van der Waals surface area contributed by atoms with Crippen molar-refractivity contribution in [2.45, 2.75) is 26.8 Å². The van der Waals surface area contributed by atoms with Crippen LogP contribution in [0.15, 0.2) is 24.3 Å². The lowest BCUT2D eigenvalue weighted by atomic mass is 10.2. The molecule has 1 unspecified atom stereocenters. The van der Waals surface area contributed by atoms with Gasteiger partial charge < -0.3 is 15.2 Å². The third-order valence-electron chi connectivity index (χ3n) is 2.55. The Balaban J connectivity index is 2.51. The van der Waals surface area contributed by atoms with Gasteiger partial charge in [0.1, 0.15) is 5.75 Å². The van der Waals surface area contributed by atoms with Crippen molar-refractivity contribution in [3.8, 4) is 5.75 Å². The van der Waals surface area contributed by atoms with E-state index < -0.39 is 0 Å². The lowest BCUT2D eigenvalue weighted by Gasteiger charge is -2.14. The second-order valence-corrected chi connectivity index (χ2v) is 4.38. The number of rotatable bonds is 8. The normalized spacial score (nSPS) is 12.4. The molecule has 0 aliphatic heterocycles. The van der Waals surface area contributed by atoms with E-state index in [1.807, 2.05) is 25.1 Å². The Hall–Kier alpha value is -1.06. The summed E-state index contributed by atoms with van der Waals surface area (Å²) in [6.45, 7) is 6.69. The molecule has 17 heavy (non-hydrogen) atoms. The first-order chi connectivity index (χ1) is 8.27. The van der Waals surface area contributed by atoms with E-state index in [1.165, 1.54) is 5.56 Å². The molecule has 2 N–H and O–H groups in total. The molecule has 0 aromatic heterocycles. The smallest absolute Gasteiger partial charge is 0.123 e. The predicted octanol–water partition coefficient (Wildman–Crippen LogP) is 2.19. The van der Waals surface area contributed by atoms with E-state index in [1.54, 1.807) is 0 Å². The van der Waals surface area contributed by atoms with E-state index in [9.17, 15) is 0 Å². The summed E-state index contributed by atoms with van der Waals surface area (Å²) in [6.07, 6.45) is 1.13. The molecule has 0 saturated heterocycles. The van der Waals surface area contributed by atoms with Crippen LogP contribution in [-0.2, 0) is 6.54 Å². The van der Waals surface area contributed by atoms with Gasteiger partial charge in [0.2, 0.25) is 0 Å². The van der Waals surface area contributed by atoms with Crippen LogP contribution in [0, 0.1) is 5.92 Å². The highest BCUT2D eigenvalue weighted by Gasteiger charge is 2.05. The van der Waals surface area contributed by atoms with Crippen molar-refractivity contribution in [1.29, 1.82) is 0 Å². The summed E-state index contributed by atoms with van der Waals surface area (Å²) < 4.78 is 5.72. The SMILES string of the molecule is CCCNCc1ccccc1OCC(C)CO. The van der Waals surface area contributed by atoms with Gasteiger partial charge in [-0.25, -0.2) is 0 Å². The van der Waals surface area contributed by atoms with Crippen LogP contribution in [0.25, 0.3) is 0 Å². The van der Waals surface area contributed by atoms with E-state index in [2.05, 4.69) is 18.3 Å². The maximum Gasteiger partial charge on any atom is 0.123 e. The van der Waals surface area contributed by atoms with Crippen LogP contribution in [0.2, 0.25) is 0 Å². The molecule has 1 atom stereocenters. The summed E-state index contributed by atoms with van der Waals surface area (Å²) in [6, 6.07) is 8.04. The zero-order valence-electron chi connectivity index (χ0n) is 10.8. The number of aliphatic hydroxyl groups excluding tert-OH is 1. The van der Waals surface area contributed by atoms with Gasteiger partial charge in [0.15, 0.2) is 0 Å². The Morgan fingerprint density at radius 3 is 2.82 bits per heavy atom. The van der Waals surface area contributed by atoms with E-state index in [4.69, 9.17) is 9.84 Å². The minimum Gasteiger partial charge on any atom is -0.493 e. The Bertz CT molecular complexity index is 315. The maximum atomic E-state index is 8.96. The highest BCUT2D eigenvalue weighted by molar-refractivity contribution is 5.33. The van der Waals surface area contributed by atoms with Gasteiger partial charge in [-0.15, -0.1) is 0 Å². The molecule has 0 bridgehead atoms. The van der Waals surface area contributed by atoms with Gasteiger partial charge in [-0.2, -0.15) is 0 Å². The number of hydrogen-bond donors (Lipinski definition) is 2. The first kappa shape index (κ1) is 14.0. The molecule has 0 saturated carbocycles. The molecule has 0 amide bonds. The van der Waals surface area contributed by atoms with Crippen LogP contribution in [0.3, 0.4) is 0 Å². The van der Waals surface area contributed by atoms with Crippen LogP contribution in [0.1, 0.15) is 25.8 Å². The molecule has 0 heterocycles. The van der Waals surface area contributed by atoms with Crippen molar-refractivity contribution in [3.63, 3.8) is 0 Å². The average Bonchev–Trinajstić information content (AvgIpc) is 2.37. The van der Waals surface area contributed by atoms with Gasteiger partial charge in [0.25, 0.3) is 0 Å². The van der Waals surface area contributed by atoms with Crippen molar-refractivity contribution in [2.75, 3.05) is 19.8 Å². The highest BCUT2D eigenvalue weighted by atomic mass is 16.5. The van der Waals surface area contributed by atoms with Crippen molar-refractivity contribution in [1.82, 2.24) is 5.32 Å². The molecule has 0 fully saturated rings. The fraction of sp³-hybridized carbons (Fsp3) is 0.571. The fourth-order valence-corrected chi connectivity index (χ4v) is 1.48. The monoisotopic (exact) mass is 237 g/mol. The van der Waals surface area contributed by atoms with Gasteiger partial charge >= 0.3 is 0 Å². The summed E-state index contributed by atoms with van der Waals surface area (Å²) >= 11 is 0. The number of hydrogen-bond acceptors (Lipinski definition) is 3. The molecular formula is C14H23NO2. The largest absolute Gasteiger partial charge is 0.493 e. The molecule has 0 aliphatic carbocycles. The molecule has 1 rings (SSSR count). The lowest BCUT2D eigenvalue weighted by Crippen LogP contribution is -2.16. The molecule has 1 aromatic carbocycles. The fourth-order valence-electron chi connectivity index (χ4n) is 1.48. The highest BCUT2D eigenvalue weighted by Crippen LogP contribution is 2.18. The number of ether oxygens (including phenoxy) is 1. The molecule has 1 aromatic rings. The van der Waals surface area contributed by atoms with Crippen LogP contribution in [0.4, 0.5) is 0 Å². The molecule has 0 spiro atoms. The van der Waals surface area contributed by atoms with Gasteiger partial charge in [-0.1, -0.05) is 32.0 Å². The minimum atomic E-state index is 0.163. The zero-order valence-corrected chi connectivity index (χ0v) is 10.8. The first-order valence-corrected chi connectivity index (χ1v) is 6.30. The summed E-state index contributed by atoms with van der Waals surface area (Å²) in [5, 5.41) is 12.3. The summed E-state index contributed by atoms with van der Waals surface area (Å²) in [7, 11) is 0. The molecule has 0 aliphatic rings. The van der Waals surface area contributed by atoms with E-state index >= 15 is 0 Å². The van der Waals surface area contributed by atoms with Crippen molar-refractivity contribution in [3.05, 3.63) is 29.8 Å². The quantitative estimate of drug-likeness (QED) is 0.681. The van der Waals surface area contributed by atoms with E-state index in [-0.39, 0.29) is 12.5 Å². The van der Waals surface area contributed by atoms with E-state index in [0.717, 1.165) is 25.3 Å². The van der Waals surface area contributed by atoms with Gasteiger partial charge in [0.05, 0.1) is 6.61 Å². The van der Waals surface area contributed by atoms with Crippen LogP contribution in [0.5, 0.6) is 5.75 Å². The van der Waals surface area contributed by atoms with Crippen LogP contribution in [-0.4, -0.2) is 24.9 Å². The summed E-state index contributed by atoms with van der Waals surface area (Å²) in [5.41, 5.74) is 1.17. The second-order valence-electron chi connectivity index (χ2n) is 4.38. The first-order valence-electron chi connectivity index (χ1n) is 6.30. The second kappa shape index (κ2) is 8.09. The Labute approximate surface area is 104 Å². The number of nitrogens with one attached hydrogen (secondary N) is 1. The molecule has 96 valence electrons. The standard InChI is InChI=1S/C14H23NO2/c1-3-8-15-9-13-6-4-5-7-14(13)17-11-12(2)10-16/h4-7,12,15-16H,3,8-11H2,1-2H3. The van der Waals surface area contributed by atoms with Crippen LogP contribution < -0.4 is 10.1 Å². The van der Waals surface area contributed by atoms with Gasteiger partial charge in [-0.05, 0) is 19.0 Å². The predicted molar refractivity (Wildman–Crippen MR) is 70.2 cm³/mol. The Morgan fingerprint density at radius 2 is 2.12 bits per heavy atom. The number of para-hydroxylation sites is 1. The summed E-state index contributed by atoms with van der Waals surface area (Å²) in [4.78, 5) is 0. The van der Waals surface area contributed by atoms with Crippen molar-refractivity contribution >= 4 is 0 Å². The number of benzene rings is 1. The third-order valence-corrected chi connectivity index (χ3v) is 2.55. The average molecular weight is 237 g/mol. The molecular weight excluding hydrogens is 214 g/mol. The lowest BCUT2D eigenvalue weighted by molar-refractivity contribution is 0.173. The maximum absolute atomic E-state index is 8.96. The third kappa shape index (κ3) is 5.20. The Morgan fingerprint density at radius 1 is 1.35 bits per heavy atom. The summed E-state index contributed by atoms with van der Waals surface area (Å²) in [5.74, 6) is 1.09. The molecule has 3 heteroatoms. The molecule has 3 nitrogen and oxygen atoms in total. The zero-order chi connectivity index (χ0) is 12.5. The van der Waals surface area contributed by atoms with Gasteiger partial charge in [-0.3, -0.25) is 0 Å². The topological polar surface area (TPSA) is 41.5 Å².